The molecule has 0 saturated heterocycles. The van der Waals surface area contributed by atoms with Crippen LogP contribution < -0.4 is 9.84 Å². The minimum absolute atomic E-state index is 0. The molecule has 3 rings (SSSR count). The third-order valence-corrected chi connectivity index (χ3v) is 2.93. The monoisotopic (exact) mass is 320 g/mol. The molecule has 2 aromatic carbocycles. The molecule has 0 heterocycles. The molecule has 3 heteroatoms. The van der Waals surface area contributed by atoms with E-state index in [1.807, 2.05) is 72.8 Å². The predicted molar refractivity (Wildman–Crippen MR) is 80.2 cm³/mol. The van der Waals surface area contributed by atoms with Crippen LogP contribution in [-0.2, 0) is 17.1 Å². The van der Waals surface area contributed by atoms with Crippen molar-refractivity contribution in [3.8, 4) is 5.75 Å². The van der Waals surface area contributed by atoms with Crippen LogP contribution in [0, 0.1) is 0 Å². The van der Waals surface area contributed by atoms with Crippen LogP contribution in [0.25, 0.3) is 5.57 Å². The van der Waals surface area contributed by atoms with Gasteiger partial charge in [-0.2, -0.15) is 18.2 Å². The van der Waals surface area contributed by atoms with Gasteiger partial charge in [-0.15, -0.1) is 6.26 Å². The van der Waals surface area contributed by atoms with Crippen LogP contribution in [0.4, 0.5) is 0 Å². The number of benzene rings is 1. The molecule has 0 atom stereocenters. The molecule has 0 unspecified atom stereocenters. The first kappa shape index (κ1) is 17.0. The van der Waals surface area contributed by atoms with E-state index in [-0.39, 0.29) is 17.1 Å². The predicted octanol–water partition coefficient (Wildman–Crippen LogP) is 3.30. The number of rotatable bonds is 2. The van der Waals surface area contributed by atoms with Gasteiger partial charge in [-0.1, -0.05) is 30.4 Å². The van der Waals surface area contributed by atoms with Crippen molar-refractivity contribution in [3.63, 3.8) is 0 Å². The molecule has 21 heavy (non-hydrogen) atoms. The van der Waals surface area contributed by atoms with Gasteiger partial charge in [-0.05, 0) is 28.8 Å². The zero-order chi connectivity index (χ0) is 14.2. The van der Waals surface area contributed by atoms with E-state index in [2.05, 4.69) is 0 Å². The topological polar surface area (TPSA) is 32.3 Å². The molecule has 0 spiro atoms. The van der Waals surface area contributed by atoms with Gasteiger partial charge in [0.1, 0.15) is 5.75 Å². The van der Waals surface area contributed by atoms with Crippen molar-refractivity contribution < 1.29 is 26.9 Å². The van der Waals surface area contributed by atoms with Crippen LogP contribution in [0.3, 0.4) is 0 Å². The van der Waals surface area contributed by atoms with Crippen LogP contribution in [-0.4, -0.2) is 7.11 Å². The summed E-state index contributed by atoms with van der Waals surface area (Å²) in [5.41, 5.74) is 2.72. The average Bonchev–Trinajstić information content (AvgIpc) is 3.21. The van der Waals surface area contributed by atoms with Gasteiger partial charge in [0.05, 0.1) is 7.11 Å². The minimum atomic E-state index is 0. The van der Waals surface area contributed by atoms with Gasteiger partial charge in [-0.25, -0.2) is 12.1 Å². The molecule has 0 amide bonds. The first-order chi connectivity index (χ1) is 9.85. The fraction of sp³-hybridized carbons (Fsp3) is 0.0556. The molecule has 1 aliphatic rings. The summed E-state index contributed by atoms with van der Waals surface area (Å²) in [6.07, 6.45) is 6.50. The van der Waals surface area contributed by atoms with Crippen molar-refractivity contribution in [3.05, 3.63) is 90.2 Å². The summed E-state index contributed by atoms with van der Waals surface area (Å²) < 4.78 is 5.07. The van der Waals surface area contributed by atoms with Gasteiger partial charge < -0.3 is 9.84 Å². The van der Waals surface area contributed by atoms with Crippen molar-refractivity contribution >= 4 is 5.57 Å². The summed E-state index contributed by atoms with van der Waals surface area (Å²) in [6.45, 7) is 0. The molecule has 0 fully saturated rings. The first-order valence-electron chi connectivity index (χ1n) is 6.37. The second kappa shape index (κ2) is 8.96. The maximum atomic E-state index is 10.8. The Balaban J connectivity index is 0.000000313. The molecule has 0 saturated carbocycles. The largest absolute Gasteiger partial charge is 2.00 e. The van der Waals surface area contributed by atoms with Gasteiger partial charge in [0.15, 0.2) is 0 Å². The fourth-order valence-electron chi connectivity index (χ4n) is 1.89. The second-order valence-electron chi connectivity index (χ2n) is 4.20. The maximum absolute atomic E-state index is 10.8. The number of hydrogen-bond acceptors (Lipinski definition) is 2. The zero-order valence-corrected chi connectivity index (χ0v) is 12.8. The van der Waals surface area contributed by atoms with Crippen LogP contribution in [0.1, 0.15) is 5.56 Å². The van der Waals surface area contributed by atoms with Crippen molar-refractivity contribution in [2.75, 3.05) is 7.11 Å². The minimum Gasteiger partial charge on any atom is -0.877 e. The maximum Gasteiger partial charge on any atom is 2.00 e. The third kappa shape index (κ3) is 4.74. The van der Waals surface area contributed by atoms with E-state index >= 15 is 0 Å². The van der Waals surface area contributed by atoms with E-state index in [1.165, 1.54) is 0 Å². The Morgan fingerprint density at radius 2 is 1.76 bits per heavy atom. The van der Waals surface area contributed by atoms with Crippen molar-refractivity contribution in [1.82, 2.24) is 0 Å². The summed E-state index contributed by atoms with van der Waals surface area (Å²) in [4.78, 5) is 0. The van der Waals surface area contributed by atoms with E-state index in [0.717, 1.165) is 28.7 Å². The summed E-state index contributed by atoms with van der Waals surface area (Å²) in [5, 5.41) is 10.8. The quantitative estimate of drug-likeness (QED) is 0.483. The van der Waals surface area contributed by atoms with Crippen LogP contribution in [0.15, 0.2) is 84.7 Å². The molecular formula is C18H16FeO2. The Hall–Kier alpha value is -2.09. The van der Waals surface area contributed by atoms with E-state index in [1.54, 1.807) is 7.11 Å². The molecule has 2 nitrogen and oxygen atoms in total. The summed E-state index contributed by atoms with van der Waals surface area (Å²) >= 11 is 0. The normalized spacial score (nSPS) is 14.0. The standard InChI is InChI=1S/C13H12O2.C5H5.Fe/c1-15-12-7-5-10(6-8-12)13-4-2-3-11(13)9-14;1-2-4-5-3-1;/h2-9,14H,1H3;1-5H;/q;-1;+2/p-1. The smallest absolute Gasteiger partial charge is 0.877 e. The van der Waals surface area contributed by atoms with E-state index in [0.29, 0.717) is 0 Å². The molecule has 108 valence electrons. The Morgan fingerprint density at radius 1 is 1.10 bits per heavy atom. The molecular weight excluding hydrogens is 304 g/mol. The Kier molecular flexibility index (Phi) is 7.24. The molecule has 0 bridgehead atoms. The number of ether oxygens (including phenoxy) is 1. The molecule has 0 aliphatic heterocycles. The SMILES string of the molecule is COc1ccc(C2=CC=CC2=C[O-])cc1.[Fe+2].c1cc[cH-]c1. The number of allylic oxidation sites excluding steroid dienone is 5. The summed E-state index contributed by atoms with van der Waals surface area (Å²) in [5.74, 6) is 0.818. The zero-order valence-electron chi connectivity index (χ0n) is 11.7. The fourth-order valence-corrected chi connectivity index (χ4v) is 1.89. The summed E-state index contributed by atoms with van der Waals surface area (Å²) in [7, 11) is 1.63. The van der Waals surface area contributed by atoms with E-state index in [9.17, 15) is 5.11 Å². The molecule has 0 N–H and O–H groups in total. The Bertz CT molecular complexity index is 588. The summed E-state index contributed by atoms with van der Waals surface area (Å²) in [6, 6.07) is 17.7. The second-order valence-corrected chi connectivity index (χ2v) is 4.20. The first-order valence-corrected chi connectivity index (χ1v) is 6.37. The Morgan fingerprint density at radius 3 is 2.24 bits per heavy atom. The molecule has 0 radical (unpaired) electrons. The average molecular weight is 320 g/mol. The van der Waals surface area contributed by atoms with Crippen LogP contribution in [0.2, 0.25) is 0 Å². The van der Waals surface area contributed by atoms with Crippen LogP contribution in [0.5, 0.6) is 5.75 Å². The van der Waals surface area contributed by atoms with Crippen molar-refractivity contribution in [2.24, 2.45) is 0 Å². The van der Waals surface area contributed by atoms with Gasteiger partial charge in [-0.3, -0.25) is 0 Å². The Labute approximate surface area is 135 Å². The van der Waals surface area contributed by atoms with Gasteiger partial charge in [0, 0.05) is 0 Å². The van der Waals surface area contributed by atoms with E-state index in [4.69, 9.17) is 4.74 Å². The van der Waals surface area contributed by atoms with Crippen molar-refractivity contribution in [1.29, 1.82) is 0 Å². The van der Waals surface area contributed by atoms with Gasteiger partial charge in [0.2, 0.25) is 0 Å². The van der Waals surface area contributed by atoms with Gasteiger partial charge >= 0.3 is 17.1 Å². The van der Waals surface area contributed by atoms with E-state index < -0.39 is 0 Å². The molecule has 1 aliphatic carbocycles. The van der Waals surface area contributed by atoms with Crippen molar-refractivity contribution in [2.45, 2.75) is 0 Å². The molecule has 0 aromatic heterocycles. The van der Waals surface area contributed by atoms with Gasteiger partial charge in [0.25, 0.3) is 0 Å². The van der Waals surface area contributed by atoms with Crippen LogP contribution >= 0.6 is 0 Å². The third-order valence-electron chi connectivity index (χ3n) is 2.93. The molecule has 2 aromatic rings. The number of methoxy groups -OCH3 is 1. The number of hydrogen-bond donors (Lipinski definition) is 0.